The number of rotatable bonds is 1. The quantitative estimate of drug-likeness (QED) is 0.488. The summed E-state index contributed by atoms with van der Waals surface area (Å²) < 4.78 is 22.9. The van der Waals surface area contributed by atoms with Crippen LogP contribution in [-0.2, 0) is 7.05 Å². The number of aryl methyl sites for hydroxylation is 2. The molecular formula is C20H14FN2O+. The molecule has 0 N–H and O–H groups in total. The zero-order valence-corrected chi connectivity index (χ0v) is 13.3. The van der Waals surface area contributed by atoms with Crippen molar-refractivity contribution in [2.24, 2.45) is 7.05 Å². The van der Waals surface area contributed by atoms with Gasteiger partial charge in [0.25, 0.3) is 0 Å². The van der Waals surface area contributed by atoms with Gasteiger partial charge in [0, 0.05) is 22.9 Å². The largest absolute Gasteiger partial charge is 0.453 e. The molecule has 2 aromatic carbocycles. The monoisotopic (exact) mass is 317 g/mol. The summed E-state index contributed by atoms with van der Waals surface area (Å²) in [6.45, 7) is 1.90. The van der Waals surface area contributed by atoms with Gasteiger partial charge in [0.05, 0.1) is 17.2 Å². The fraction of sp³-hybridized carbons (Fsp3) is 0.100. The molecule has 0 saturated heterocycles. The first-order chi connectivity index (χ1) is 11.6. The van der Waals surface area contributed by atoms with Gasteiger partial charge in [0.15, 0.2) is 17.6 Å². The highest BCUT2D eigenvalue weighted by Gasteiger charge is 2.22. The molecule has 0 saturated carbocycles. The highest BCUT2D eigenvalue weighted by atomic mass is 19.1. The molecule has 0 amide bonds. The van der Waals surface area contributed by atoms with Crippen LogP contribution in [0, 0.1) is 24.1 Å². The smallest absolute Gasteiger partial charge is 0.215 e. The summed E-state index contributed by atoms with van der Waals surface area (Å²) in [5, 5.41) is 10.6. The molecule has 0 atom stereocenters. The highest BCUT2D eigenvalue weighted by molar-refractivity contribution is 6.06. The van der Waals surface area contributed by atoms with Crippen LogP contribution >= 0.6 is 0 Å². The lowest BCUT2D eigenvalue weighted by molar-refractivity contribution is -0.660. The third kappa shape index (κ3) is 1.99. The maximum atomic E-state index is 15.2. The highest BCUT2D eigenvalue weighted by Crippen LogP contribution is 2.36. The second-order valence-electron chi connectivity index (χ2n) is 5.88. The fourth-order valence-electron chi connectivity index (χ4n) is 3.17. The van der Waals surface area contributed by atoms with E-state index in [1.165, 1.54) is 0 Å². The van der Waals surface area contributed by atoms with Crippen LogP contribution in [0.1, 0.15) is 11.1 Å². The molecule has 116 valence electrons. The minimum Gasteiger partial charge on any atom is -0.453 e. The molecule has 0 fully saturated rings. The second-order valence-corrected chi connectivity index (χ2v) is 5.88. The van der Waals surface area contributed by atoms with E-state index in [-0.39, 0.29) is 11.4 Å². The van der Waals surface area contributed by atoms with Crippen molar-refractivity contribution in [3.05, 3.63) is 65.6 Å². The van der Waals surface area contributed by atoms with Crippen LogP contribution in [0.3, 0.4) is 0 Å². The van der Waals surface area contributed by atoms with Gasteiger partial charge in [0.1, 0.15) is 12.6 Å². The van der Waals surface area contributed by atoms with Gasteiger partial charge in [-0.25, -0.2) is 8.96 Å². The molecule has 2 aromatic heterocycles. The number of benzene rings is 2. The van der Waals surface area contributed by atoms with E-state index in [4.69, 9.17) is 9.68 Å². The summed E-state index contributed by atoms with van der Waals surface area (Å²) in [5.41, 5.74) is 3.40. The van der Waals surface area contributed by atoms with Gasteiger partial charge in [0.2, 0.25) is 5.69 Å². The molecule has 0 aliphatic rings. The summed E-state index contributed by atoms with van der Waals surface area (Å²) >= 11 is 0. The lowest BCUT2D eigenvalue weighted by Crippen LogP contribution is -2.30. The predicted molar refractivity (Wildman–Crippen MR) is 89.7 cm³/mol. The molecular weight excluding hydrogens is 303 g/mol. The Morgan fingerprint density at radius 1 is 1.12 bits per heavy atom. The molecule has 0 bridgehead atoms. The third-order valence-electron chi connectivity index (χ3n) is 4.34. The number of hydrogen-bond acceptors (Lipinski definition) is 2. The summed E-state index contributed by atoms with van der Waals surface area (Å²) in [6.07, 6.45) is 1.89. The summed E-state index contributed by atoms with van der Waals surface area (Å²) in [4.78, 5) is 0. The standard InChI is InChI=1S/C20H14FN2O/c1-12-9-15-14-7-6-13(11-22)10-17(14)24-20(15)19(21)18(12)16-5-3-4-8-23(16)2/h3-10H,1-2H3/q+1. The van der Waals surface area contributed by atoms with E-state index >= 15 is 4.39 Å². The van der Waals surface area contributed by atoms with Gasteiger partial charge >= 0.3 is 0 Å². The third-order valence-corrected chi connectivity index (χ3v) is 4.34. The number of halogens is 1. The van der Waals surface area contributed by atoms with Gasteiger partial charge in [-0.15, -0.1) is 0 Å². The normalized spacial score (nSPS) is 11.1. The molecule has 0 spiro atoms. The van der Waals surface area contributed by atoms with Crippen LogP contribution in [-0.4, -0.2) is 0 Å². The maximum Gasteiger partial charge on any atom is 0.215 e. The molecule has 2 heterocycles. The van der Waals surface area contributed by atoms with Crippen molar-refractivity contribution < 1.29 is 13.4 Å². The van der Waals surface area contributed by atoms with Crippen LogP contribution in [0.4, 0.5) is 4.39 Å². The predicted octanol–water partition coefficient (Wildman–Crippen LogP) is 4.40. The lowest BCUT2D eigenvalue weighted by Gasteiger charge is -2.06. The van der Waals surface area contributed by atoms with Crippen LogP contribution < -0.4 is 4.57 Å². The first-order valence-electron chi connectivity index (χ1n) is 7.60. The van der Waals surface area contributed by atoms with Gasteiger partial charge in [-0.1, -0.05) is 0 Å². The molecule has 0 radical (unpaired) electrons. The fourth-order valence-corrected chi connectivity index (χ4v) is 3.17. The topological polar surface area (TPSA) is 40.8 Å². The Balaban J connectivity index is 2.10. The van der Waals surface area contributed by atoms with Crippen molar-refractivity contribution in [1.82, 2.24) is 0 Å². The van der Waals surface area contributed by atoms with Gasteiger partial charge in [-0.3, -0.25) is 0 Å². The Morgan fingerprint density at radius 2 is 1.96 bits per heavy atom. The zero-order chi connectivity index (χ0) is 16.8. The molecule has 4 rings (SSSR count). The SMILES string of the molecule is Cc1cc2c(oc3cc(C#N)ccc32)c(F)c1-c1cccc[n+]1C. The van der Waals surface area contributed by atoms with Crippen molar-refractivity contribution in [3.63, 3.8) is 0 Å². The van der Waals surface area contributed by atoms with E-state index in [0.29, 0.717) is 16.7 Å². The molecule has 3 nitrogen and oxygen atoms in total. The van der Waals surface area contributed by atoms with E-state index in [2.05, 4.69) is 6.07 Å². The first kappa shape index (κ1) is 14.4. The van der Waals surface area contributed by atoms with E-state index in [1.807, 2.05) is 49.0 Å². The average Bonchev–Trinajstić information content (AvgIpc) is 2.94. The van der Waals surface area contributed by atoms with Gasteiger partial charge in [-0.2, -0.15) is 5.26 Å². The van der Waals surface area contributed by atoms with Crippen LogP contribution in [0.15, 0.2) is 53.1 Å². The number of nitriles is 1. The van der Waals surface area contributed by atoms with Crippen LogP contribution in [0.25, 0.3) is 33.2 Å². The Morgan fingerprint density at radius 3 is 2.71 bits per heavy atom. The second kappa shape index (κ2) is 5.17. The molecule has 0 aliphatic heterocycles. The van der Waals surface area contributed by atoms with E-state index in [1.54, 1.807) is 18.2 Å². The van der Waals surface area contributed by atoms with E-state index in [0.717, 1.165) is 22.0 Å². The van der Waals surface area contributed by atoms with Gasteiger partial charge in [-0.05, 0) is 42.8 Å². The maximum absolute atomic E-state index is 15.2. The Bertz CT molecular complexity index is 1150. The van der Waals surface area contributed by atoms with E-state index in [9.17, 15) is 0 Å². The summed E-state index contributed by atoms with van der Waals surface area (Å²) in [5.74, 6) is -0.374. The lowest BCUT2D eigenvalue weighted by atomic mass is 10.00. The number of aromatic nitrogens is 1. The average molecular weight is 317 g/mol. The number of fused-ring (bicyclic) bond motifs is 3. The Hall–Kier alpha value is -3.19. The number of hydrogen-bond donors (Lipinski definition) is 0. The van der Waals surface area contributed by atoms with Crippen molar-refractivity contribution in [2.45, 2.75) is 6.92 Å². The van der Waals surface area contributed by atoms with Crippen molar-refractivity contribution >= 4 is 21.9 Å². The van der Waals surface area contributed by atoms with E-state index < -0.39 is 0 Å². The molecule has 24 heavy (non-hydrogen) atoms. The minimum atomic E-state index is -0.374. The molecule has 4 aromatic rings. The van der Waals surface area contributed by atoms with Crippen molar-refractivity contribution in [2.75, 3.05) is 0 Å². The van der Waals surface area contributed by atoms with Crippen LogP contribution in [0.5, 0.6) is 0 Å². The van der Waals surface area contributed by atoms with Crippen molar-refractivity contribution in [1.29, 1.82) is 5.26 Å². The summed E-state index contributed by atoms with van der Waals surface area (Å²) in [6, 6.07) is 14.9. The minimum absolute atomic E-state index is 0.226. The number of nitrogens with zero attached hydrogens (tertiary/aromatic N) is 2. The van der Waals surface area contributed by atoms with Crippen LogP contribution in [0.2, 0.25) is 0 Å². The van der Waals surface area contributed by atoms with Gasteiger partial charge < -0.3 is 4.42 Å². The first-order valence-corrected chi connectivity index (χ1v) is 7.60. The Labute approximate surface area is 138 Å². The molecule has 4 heteroatoms. The zero-order valence-electron chi connectivity index (χ0n) is 13.3. The molecule has 0 aliphatic carbocycles. The summed E-state index contributed by atoms with van der Waals surface area (Å²) in [7, 11) is 1.89. The Kier molecular flexibility index (Phi) is 3.10. The van der Waals surface area contributed by atoms with Crippen molar-refractivity contribution in [3.8, 4) is 17.3 Å². The number of furan rings is 1. The molecule has 0 unspecified atom stereocenters. The number of pyridine rings is 1.